The lowest BCUT2D eigenvalue weighted by atomic mass is 10.2. The first kappa shape index (κ1) is 11.0. The number of rotatable bonds is 2. The van der Waals surface area contributed by atoms with E-state index in [1.165, 1.54) is 6.39 Å². The van der Waals surface area contributed by atoms with Crippen molar-refractivity contribution in [2.75, 3.05) is 5.32 Å². The minimum Gasteiger partial charge on any atom is -0.438 e. The Morgan fingerprint density at radius 3 is 3.00 bits per heavy atom. The number of carbonyl (C=O) groups excluding carboxylic acids is 1. The number of carbonyl (C=O) groups is 1. The van der Waals surface area contributed by atoms with Crippen molar-refractivity contribution in [3.05, 3.63) is 47.7 Å². The molecular weight excluding hydrogens is 216 g/mol. The molecule has 0 fully saturated rings. The summed E-state index contributed by atoms with van der Waals surface area (Å²) in [4.78, 5) is 15.7. The Kier molecular flexibility index (Phi) is 2.93. The Hall–Kier alpha value is -2.54. The molecule has 84 valence electrons. The van der Waals surface area contributed by atoms with Crippen LogP contribution in [0.1, 0.15) is 21.8 Å². The van der Waals surface area contributed by atoms with Crippen LogP contribution in [0.4, 0.5) is 5.69 Å². The number of aryl methyl sites for hydroxylation is 1. The van der Waals surface area contributed by atoms with E-state index >= 15 is 0 Å². The molecule has 0 aliphatic rings. The summed E-state index contributed by atoms with van der Waals surface area (Å²) in [5, 5.41) is 2.69. The molecule has 0 radical (unpaired) electrons. The van der Waals surface area contributed by atoms with E-state index in [-0.39, 0.29) is 11.7 Å². The molecule has 1 aromatic heterocycles. The predicted octanol–water partition coefficient (Wildman–Crippen LogP) is 2.22. The maximum absolute atomic E-state index is 11.8. The third-order valence-electron chi connectivity index (χ3n) is 2.24. The average molecular weight is 226 g/mol. The van der Waals surface area contributed by atoms with E-state index in [9.17, 15) is 4.79 Å². The highest BCUT2D eigenvalue weighted by molar-refractivity contribution is 6.02. The minimum atomic E-state index is -0.339. The summed E-state index contributed by atoms with van der Waals surface area (Å²) in [5.41, 5.74) is 1.88. The number of nitrogens with one attached hydrogen (secondary N) is 1. The topological polar surface area (TPSA) is 55.1 Å². The molecule has 0 bridgehead atoms. The smallest absolute Gasteiger partial charge is 0.293 e. The fraction of sp³-hybridized carbons (Fsp3) is 0.0769. The highest BCUT2D eigenvalue weighted by Gasteiger charge is 2.13. The summed E-state index contributed by atoms with van der Waals surface area (Å²) >= 11 is 0. The standard InChI is InChI=1S/C13H10N2O2/c1-3-10-5-4-6-11(7-10)15-13(16)12-9(2)14-8-17-12/h1,4-8H,2H3,(H,15,16). The maximum atomic E-state index is 11.8. The van der Waals surface area contributed by atoms with Gasteiger partial charge >= 0.3 is 0 Å². The van der Waals surface area contributed by atoms with Gasteiger partial charge < -0.3 is 9.73 Å². The summed E-state index contributed by atoms with van der Waals surface area (Å²) in [7, 11) is 0. The average Bonchev–Trinajstić information content (AvgIpc) is 2.76. The molecule has 0 atom stereocenters. The van der Waals surface area contributed by atoms with Crippen molar-refractivity contribution >= 4 is 11.6 Å². The molecular formula is C13H10N2O2. The van der Waals surface area contributed by atoms with Gasteiger partial charge in [-0.25, -0.2) is 4.98 Å². The van der Waals surface area contributed by atoms with Gasteiger partial charge in [0.05, 0.1) is 5.69 Å². The Morgan fingerprint density at radius 1 is 1.53 bits per heavy atom. The lowest BCUT2D eigenvalue weighted by Gasteiger charge is -2.03. The Morgan fingerprint density at radius 2 is 2.35 bits per heavy atom. The quantitative estimate of drug-likeness (QED) is 0.799. The van der Waals surface area contributed by atoms with Gasteiger partial charge in [0.1, 0.15) is 0 Å². The number of amides is 1. The largest absolute Gasteiger partial charge is 0.438 e. The first-order valence-electron chi connectivity index (χ1n) is 4.99. The van der Waals surface area contributed by atoms with E-state index in [0.29, 0.717) is 16.9 Å². The van der Waals surface area contributed by atoms with Crippen molar-refractivity contribution in [1.29, 1.82) is 0 Å². The summed E-state index contributed by atoms with van der Waals surface area (Å²) < 4.78 is 4.99. The van der Waals surface area contributed by atoms with Gasteiger partial charge in [0, 0.05) is 11.3 Å². The van der Waals surface area contributed by atoms with Gasteiger partial charge in [-0.2, -0.15) is 0 Å². The van der Waals surface area contributed by atoms with Crippen molar-refractivity contribution < 1.29 is 9.21 Å². The number of hydrogen-bond donors (Lipinski definition) is 1. The van der Waals surface area contributed by atoms with E-state index < -0.39 is 0 Å². The second-order valence-electron chi connectivity index (χ2n) is 3.45. The zero-order valence-corrected chi connectivity index (χ0v) is 9.23. The van der Waals surface area contributed by atoms with Gasteiger partial charge in [0.2, 0.25) is 5.76 Å². The normalized spacial score (nSPS) is 9.65. The molecule has 17 heavy (non-hydrogen) atoms. The molecule has 0 aliphatic heterocycles. The Balaban J connectivity index is 2.19. The van der Waals surface area contributed by atoms with Gasteiger partial charge in [0.15, 0.2) is 6.39 Å². The van der Waals surface area contributed by atoms with E-state index in [0.717, 1.165) is 0 Å². The van der Waals surface area contributed by atoms with Gasteiger partial charge in [-0.05, 0) is 25.1 Å². The first-order valence-corrected chi connectivity index (χ1v) is 4.99. The SMILES string of the molecule is C#Cc1cccc(NC(=O)c2ocnc2C)c1. The maximum Gasteiger partial charge on any atom is 0.293 e. The molecule has 0 saturated carbocycles. The number of anilines is 1. The van der Waals surface area contributed by atoms with Crippen molar-refractivity contribution in [2.24, 2.45) is 0 Å². The third kappa shape index (κ3) is 2.34. The zero-order valence-electron chi connectivity index (χ0n) is 9.23. The minimum absolute atomic E-state index is 0.205. The number of oxazole rings is 1. The van der Waals surface area contributed by atoms with Crippen LogP contribution in [0.15, 0.2) is 35.1 Å². The molecule has 0 spiro atoms. The third-order valence-corrected chi connectivity index (χ3v) is 2.24. The molecule has 0 aliphatic carbocycles. The van der Waals surface area contributed by atoms with Crippen LogP contribution < -0.4 is 5.32 Å². The van der Waals surface area contributed by atoms with Crippen LogP contribution in [0.25, 0.3) is 0 Å². The molecule has 1 heterocycles. The van der Waals surface area contributed by atoms with Crippen LogP contribution in [0.5, 0.6) is 0 Å². The van der Waals surface area contributed by atoms with Crippen LogP contribution in [0.2, 0.25) is 0 Å². The first-order chi connectivity index (χ1) is 8.20. The Bertz CT molecular complexity index is 593. The van der Waals surface area contributed by atoms with Crippen molar-refractivity contribution in [3.63, 3.8) is 0 Å². The number of terminal acetylenes is 1. The van der Waals surface area contributed by atoms with Crippen LogP contribution in [-0.2, 0) is 0 Å². The fourth-order valence-corrected chi connectivity index (χ4v) is 1.39. The number of aromatic nitrogens is 1. The van der Waals surface area contributed by atoms with Crippen LogP contribution in [-0.4, -0.2) is 10.9 Å². The second kappa shape index (κ2) is 4.54. The molecule has 2 aromatic rings. The highest BCUT2D eigenvalue weighted by Crippen LogP contribution is 2.13. The lowest BCUT2D eigenvalue weighted by Crippen LogP contribution is -2.12. The summed E-state index contributed by atoms with van der Waals surface area (Å²) in [6, 6.07) is 7.03. The van der Waals surface area contributed by atoms with Gasteiger partial charge in [-0.15, -0.1) is 6.42 Å². The van der Waals surface area contributed by atoms with E-state index in [1.807, 2.05) is 0 Å². The monoisotopic (exact) mass is 226 g/mol. The van der Waals surface area contributed by atoms with E-state index in [4.69, 9.17) is 10.8 Å². The summed E-state index contributed by atoms with van der Waals surface area (Å²) in [6.07, 6.45) is 6.52. The van der Waals surface area contributed by atoms with E-state index in [1.54, 1.807) is 31.2 Å². The molecule has 1 N–H and O–H groups in total. The molecule has 1 aromatic carbocycles. The zero-order chi connectivity index (χ0) is 12.3. The van der Waals surface area contributed by atoms with Gasteiger partial charge in [-0.3, -0.25) is 4.79 Å². The number of nitrogens with zero attached hydrogens (tertiary/aromatic N) is 1. The molecule has 4 heteroatoms. The molecule has 0 unspecified atom stereocenters. The molecule has 4 nitrogen and oxygen atoms in total. The number of benzene rings is 1. The van der Waals surface area contributed by atoms with Crippen LogP contribution >= 0.6 is 0 Å². The van der Waals surface area contributed by atoms with Crippen molar-refractivity contribution in [1.82, 2.24) is 4.98 Å². The fourth-order valence-electron chi connectivity index (χ4n) is 1.39. The molecule has 2 rings (SSSR count). The number of hydrogen-bond acceptors (Lipinski definition) is 3. The van der Waals surface area contributed by atoms with Crippen molar-refractivity contribution in [3.8, 4) is 12.3 Å². The second-order valence-corrected chi connectivity index (χ2v) is 3.45. The van der Waals surface area contributed by atoms with Gasteiger partial charge in [-0.1, -0.05) is 12.0 Å². The van der Waals surface area contributed by atoms with E-state index in [2.05, 4.69) is 16.2 Å². The highest BCUT2D eigenvalue weighted by atomic mass is 16.3. The Labute approximate surface area is 98.7 Å². The predicted molar refractivity (Wildman–Crippen MR) is 63.6 cm³/mol. The molecule has 0 saturated heterocycles. The summed E-state index contributed by atoms with van der Waals surface area (Å²) in [6.45, 7) is 1.70. The lowest BCUT2D eigenvalue weighted by molar-refractivity contribution is 0.0996. The van der Waals surface area contributed by atoms with Crippen LogP contribution in [0, 0.1) is 19.3 Å². The molecule has 1 amide bonds. The van der Waals surface area contributed by atoms with Crippen LogP contribution in [0.3, 0.4) is 0 Å². The summed E-state index contributed by atoms with van der Waals surface area (Å²) in [5.74, 6) is 2.37. The van der Waals surface area contributed by atoms with Gasteiger partial charge in [0.25, 0.3) is 5.91 Å². The van der Waals surface area contributed by atoms with Crippen molar-refractivity contribution in [2.45, 2.75) is 6.92 Å².